The van der Waals surface area contributed by atoms with Crippen molar-refractivity contribution in [1.82, 2.24) is 4.57 Å². The molecule has 1 unspecified atom stereocenters. The van der Waals surface area contributed by atoms with Crippen LogP contribution in [-0.2, 0) is 13.5 Å². The number of fused-ring (bicyclic) bond motifs is 2. The van der Waals surface area contributed by atoms with Gasteiger partial charge in [0, 0.05) is 23.9 Å². The highest BCUT2D eigenvalue weighted by molar-refractivity contribution is 6.28. The van der Waals surface area contributed by atoms with E-state index in [-0.39, 0.29) is 17.5 Å². The average Bonchev–Trinajstić information content (AvgIpc) is 2.92. The van der Waals surface area contributed by atoms with E-state index in [0.29, 0.717) is 22.4 Å². The van der Waals surface area contributed by atoms with Crippen molar-refractivity contribution in [3.8, 4) is 0 Å². The Bertz CT molecular complexity index is 1030. The molecule has 0 bridgehead atoms. The van der Waals surface area contributed by atoms with Crippen LogP contribution in [0.15, 0.2) is 54.6 Å². The SMILES string of the molecule is Cc1c(CC(C)c2ccccc2)c2c(n1C)C(=O)c1ccccc1C2=O. The summed E-state index contributed by atoms with van der Waals surface area (Å²) in [6.07, 6.45) is 0.736. The maximum Gasteiger partial charge on any atom is 0.210 e. The maximum atomic E-state index is 13.2. The van der Waals surface area contributed by atoms with Crippen LogP contribution in [0.4, 0.5) is 0 Å². The number of carbonyl (C=O) groups excluding carboxylic acids is 2. The molecule has 4 rings (SSSR count). The van der Waals surface area contributed by atoms with Gasteiger partial charge in [0.25, 0.3) is 0 Å². The third-order valence-corrected chi connectivity index (χ3v) is 5.55. The molecule has 2 aromatic carbocycles. The van der Waals surface area contributed by atoms with Crippen molar-refractivity contribution in [2.24, 2.45) is 7.05 Å². The Hall–Kier alpha value is -2.94. The molecule has 0 saturated heterocycles. The lowest BCUT2D eigenvalue weighted by atomic mass is 9.83. The number of hydrogen-bond acceptors (Lipinski definition) is 2. The Morgan fingerprint density at radius 1 is 0.885 bits per heavy atom. The molecule has 0 spiro atoms. The molecular weight excluding hydrogens is 322 g/mol. The Kier molecular flexibility index (Phi) is 3.87. The fraction of sp³-hybridized carbons (Fsp3) is 0.217. The summed E-state index contributed by atoms with van der Waals surface area (Å²) in [5.41, 5.74) is 5.37. The summed E-state index contributed by atoms with van der Waals surface area (Å²) in [7, 11) is 1.88. The Morgan fingerprint density at radius 2 is 1.46 bits per heavy atom. The molecule has 0 aliphatic heterocycles. The van der Waals surface area contributed by atoms with E-state index in [1.807, 2.05) is 48.9 Å². The largest absolute Gasteiger partial charge is 0.344 e. The summed E-state index contributed by atoms with van der Waals surface area (Å²) in [5.74, 6) is 0.176. The van der Waals surface area contributed by atoms with Crippen LogP contribution in [-0.4, -0.2) is 16.1 Å². The zero-order chi connectivity index (χ0) is 18.4. The molecule has 1 aliphatic carbocycles. The highest BCUT2D eigenvalue weighted by atomic mass is 16.1. The summed E-state index contributed by atoms with van der Waals surface area (Å²) in [4.78, 5) is 26.2. The van der Waals surface area contributed by atoms with Crippen LogP contribution in [0.1, 0.15) is 61.6 Å². The molecule has 0 fully saturated rings. The summed E-state index contributed by atoms with van der Waals surface area (Å²) in [6.45, 7) is 4.16. The van der Waals surface area contributed by atoms with Crippen molar-refractivity contribution < 1.29 is 9.59 Å². The second-order valence-electron chi connectivity index (χ2n) is 7.07. The number of ketones is 2. The molecule has 0 N–H and O–H groups in total. The third-order valence-electron chi connectivity index (χ3n) is 5.55. The van der Waals surface area contributed by atoms with Gasteiger partial charge in [0.1, 0.15) is 5.69 Å². The molecule has 0 amide bonds. The first-order chi connectivity index (χ1) is 12.5. The standard InChI is InChI=1S/C23H21NO2/c1-14(16-9-5-4-6-10-16)13-19-15(2)24(3)21-20(19)22(25)17-11-7-8-12-18(17)23(21)26/h4-12,14H,13H2,1-3H3. The molecule has 3 aromatic rings. The number of hydrogen-bond donors (Lipinski definition) is 0. The van der Waals surface area contributed by atoms with Gasteiger partial charge in [-0.1, -0.05) is 61.5 Å². The van der Waals surface area contributed by atoms with Gasteiger partial charge in [-0.2, -0.15) is 0 Å². The summed E-state index contributed by atoms with van der Waals surface area (Å²) in [6, 6.07) is 17.4. The lowest BCUT2D eigenvalue weighted by Crippen LogP contribution is -2.22. The zero-order valence-electron chi connectivity index (χ0n) is 15.2. The molecule has 3 heteroatoms. The van der Waals surface area contributed by atoms with Crippen molar-refractivity contribution >= 4 is 11.6 Å². The second kappa shape index (κ2) is 6.10. The molecule has 1 aromatic heterocycles. The highest BCUT2D eigenvalue weighted by Gasteiger charge is 2.36. The van der Waals surface area contributed by atoms with Gasteiger partial charge in [-0.15, -0.1) is 0 Å². The first kappa shape index (κ1) is 16.5. The van der Waals surface area contributed by atoms with Crippen molar-refractivity contribution in [3.05, 3.63) is 93.8 Å². The smallest absolute Gasteiger partial charge is 0.210 e. The third kappa shape index (κ3) is 2.35. The first-order valence-electron chi connectivity index (χ1n) is 8.92. The van der Waals surface area contributed by atoms with Crippen LogP contribution < -0.4 is 0 Å². The molecule has 1 aliphatic rings. The van der Waals surface area contributed by atoms with E-state index < -0.39 is 0 Å². The van der Waals surface area contributed by atoms with E-state index in [1.165, 1.54) is 5.56 Å². The topological polar surface area (TPSA) is 39.1 Å². The van der Waals surface area contributed by atoms with Crippen LogP contribution in [0.3, 0.4) is 0 Å². The minimum absolute atomic E-state index is 0.0332. The number of carbonyl (C=O) groups is 2. The van der Waals surface area contributed by atoms with Gasteiger partial charge < -0.3 is 4.57 Å². The van der Waals surface area contributed by atoms with Crippen LogP contribution in [0.25, 0.3) is 0 Å². The number of benzene rings is 2. The number of rotatable bonds is 3. The quantitative estimate of drug-likeness (QED) is 0.551. The fourth-order valence-electron chi connectivity index (χ4n) is 3.97. The van der Waals surface area contributed by atoms with E-state index in [1.54, 1.807) is 12.1 Å². The Labute approximate surface area is 153 Å². The van der Waals surface area contributed by atoms with Crippen molar-refractivity contribution in [1.29, 1.82) is 0 Å². The molecule has 130 valence electrons. The Balaban J connectivity index is 1.84. The van der Waals surface area contributed by atoms with Crippen molar-refractivity contribution in [2.75, 3.05) is 0 Å². The highest BCUT2D eigenvalue weighted by Crippen LogP contribution is 2.35. The molecule has 1 atom stereocenters. The minimum Gasteiger partial charge on any atom is -0.344 e. The molecule has 26 heavy (non-hydrogen) atoms. The van der Waals surface area contributed by atoms with Gasteiger partial charge in [-0.05, 0) is 30.4 Å². The Morgan fingerprint density at radius 3 is 2.12 bits per heavy atom. The summed E-state index contributed by atoms with van der Waals surface area (Å²) < 4.78 is 1.89. The van der Waals surface area contributed by atoms with Gasteiger partial charge in [0.2, 0.25) is 5.78 Å². The lowest BCUT2D eigenvalue weighted by Gasteiger charge is -2.17. The number of aromatic nitrogens is 1. The van der Waals surface area contributed by atoms with Gasteiger partial charge in [-0.3, -0.25) is 9.59 Å². The van der Waals surface area contributed by atoms with Crippen molar-refractivity contribution in [2.45, 2.75) is 26.2 Å². The van der Waals surface area contributed by atoms with Gasteiger partial charge >= 0.3 is 0 Å². The molecule has 3 nitrogen and oxygen atoms in total. The molecular formula is C23H21NO2. The average molecular weight is 343 g/mol. The normalized spacial score (nSPS) is 14.1. The van der Waals surface area contributed by atoms with Crippen LogP contribution in [0, 0.1) is 6.92 Å². The minimum atomic E-state index is -0.0561. The van der Waals surface area contributed by atoms with E-state index in [4.69, 9.17) is 0 Å². The van der Waals surface area contributed by atoms with Crippen LogP contribution in [0.2, 0.25) is 0 Å². The summed E-state index contributed by atoms with van der Waals surface area (Å²) >= 11 is 0. The van der Waals surface area contributed by atoms with E-state index in [0.717, 1.165) is 17.7 Å². The van der Waals surface area contributed by atoms with Gasteiger partial charge in [0.15, 0.2) is 5.78 Å². The number of nitrogens with zero attached hydrogens (tertiary/aromatic N) is 1. The zero-order valence-corrected chi connectivity index (χ0v) is 15.2. The predicted octanol–water partition coefficient (Wildman–Crippen LogP) is 4.46. The van der Waals surface area contributed by atoms with Crippen LogP contribution >= 0.6 is 0 Å². The van der Waals surface area contributed by atoms with Crippen molar-refractivity contribution in [3.63, 3.8) is 0 Å². The monoisotopic (exact) mass is 343 g/mol. The summed E-state index contributed by atoms with van der Waals surface area (Å²) in [5, 5.41) is 0. The van der Waals surface area contributed by atoms with Crippen LogP contribution in [0.5, 0.6) is 0 Å². The van der Waals surface area contributed by atoms with Gasteiger partial charge in [0.05, 0.1) is 5.56 Å². The lowest BCUT2D eigenvalue weighted by molar-refractivity contribution is 0.0973. The molecule has 0 saturated carbocycles. The first-order valence-corrected chi connectivity index (χ1v) is 8.92. The van der Waals surface area contributed by atoms with E-state index in [2.05, 4.69) is 19.1 Å². The molecule has 1 heterocycles. The fourth-order valence-corrected chi connectivity index (χ4v) is 3.97. The van der Waals surface area contributed by atoms with E-state index in [9.17, 15) is 9.59 Å². The second-order valence-corrected chi connectivity index (χ2v) is 7.07. The van der Waals surface area contributed by atoms with Gasteiger partial charge in [-0.25, -0.2) is 0 Å². The van der Waals surface area contributed by atoms with E-state index >= 15 is 0 Å². The maximum absolute atomic E-state index is 13.2. The molecule has 0 radical (unpaired) electrons. The predicted molar refractivity (Wildman–Crippen MR) is 102 cm³/mol.